The van der Waals surface area contributed by atoms with Crippen LogP contribution in [0.5, 0.6) is 0 Å². The van der Waals surface area contributed by atoms with Crippen LogP contribution in [0.2, 0.25) is 0 Å². The van der Waals surface area contributed by atoms with Crippen LogP contribution in [0, 0.1) is 18.6 Å². The highest BCUT2D eigenvalue weighted by atomic mass is 32.2. The van der Waals surface area contributed by atoms with Gasteiger partial charge in [-0.1, -0.05) is 41.6 Å². The van der Waals surface area contributed by atoms with Crippen LogP contribution in [0.4, 0.5) is 8.78 Å². The van der Waals surface area contributed by atoms with Crippen LogP contribution in [0.15, 0.2) is 47.6 Å². The molecular formula is C16H14F2N4S. The molecule has 3 rings (SSSR count). The summed E-state index contributed by atoms with van der Waals surface area (Å²) < 4.78 is 28.6. The molecule has 0 spiro atoms. The summed E-state index contributed by atoms with van der Waals surface area (Å²) in [6, 6.07) is 11.5. The van der Waals surface area contributed by atoms with Crippen molar-refractivity contribution in [3.63, 3.8) is 0 Å². The van der Waals surface area contributed by atoms with Crippen LogP contribution in [-0.2, 0) is 5.75 Å². The molecule has 1 heterocycles. The van der Waals surface area contributed by atoms with Gasteiger partial charge in [0.2, 0.25) is 5.16 Å². The van der Waals surface area contributed by atoms with Crippen LogP contribution in [-0.4, -0.2) is 14.9 Å². The SMILES string of the molecule is Cc1cccc(-c2nnc(SCc3c(F)cccc3F)n2N)c1. The van der Waals surface area contributed by atoms with Gasteiger partial charge in [-0.2, -0.15) is 0 Å². The zero-order chi connectivity index (χ0) is 16.4. The van der Waals surface area contributed by atoms with Gasteiger partial charge in [0.1, 0.15) is 11.6 Å². The van der Waals surface area contributed by atoms with Crippen LogP contribution in [0.3, 0.4) is 0 Å². The number of nitrogens with zero attached hydrogens (tertiary/aromatic N) is 3. The van der Waals surface area contributed by atoms with E-state index in [-0.39, 0.29) is 11.3 Å². The first-order chi connectivity index (χ1) is 11.1. The number of rotatable bonds is 4. The van der Waals surface area contributed by atoms with Crippen LogP contribution >= 0.6 is 11.8 Å². The number of nitrogens with two attached hydrogens (primary N) is 1. The molecule has 0 radical (unpaired) electrons. The van der Waals surface area contributed by atoms with Crippen molar-refractivity contribution in [1.82, 2.24) is 14.9 Å². The number of hydrogen-bond acceptors (Lipinski definition) is 4. The van der Waals surface area contributed by atoms with Crippen LogP contribution < -0.4 is 5.84 Å². The van der Waals surface area contributed by atoms with Gasteiger partial charge in [0.05, 0.1) is 0 Å². The maximum atomic E-state index is 13.6. The molecule has 4 nitrogen and oxygen atoms in total. The summed E-state index contributed by atoms with van der Waals surface area (Å²) in [5, 5.41) is 8.46. The van der Waals surface area contributed by atoms with Crippen molar-refractivity contribution in [2.45, 2.75) is 17.8 Å². The van der Waals surface area contributed by atoms with E-state index in [1.54, 1.807) is 0 Å². The van der Waals surface area contributed by atoms with Crippen molar-refractivity contribution in [3.05, 3.63) is 65.2 Å². The monoisotopic (exact) mass is 332 g/mol. The van der Waals surface area contributed by atoms with Gasteiger partial charge in [-0.3, -0.25) is 0 Å². The average Bonchev–Trinajstić information content (AvgIpc) is 2.88. The van der Waals surface area contributed by atoms with Crippen molar-refractivity contribution in [1.29, 1.82) is 0 Å². The summed E-state index contributed by atoms with van der Waals surface area (Å²) in [6.07, 6.45) is 0. The summed E-state index contributed by atoms with van der Waals surface area (Å²) >= 11 is 1.13. The normalized spacial score (nSPS) is 10.9. The summed E-state index contributed by atoms with van der Waals surface area (Å²) in [6.45, 7) is 1.97. The van der Waals surface area contributed by atoms with E-state index in [0.29, 0.717) is 11.0 Å². The Morgan fingerprint density at radius 1 is 1.09 bits per heavy atom. The molecule has 118 valence electrons. The van der Waals surface area contributed by atoms with Crippen molar-refractivity contribution in [3.8, 4) is 11.4 Å². The fourth-order valence-corrected chi connectivity index (χ4v) is 3.04. The fraction of sp³-hybridized carbons (Fsp3) is 0.125. The van der Waals surface area contributed by atoms with Crippen molar-refractivity contribution in [2.24, 2.45) is 0 Å². The Bertz CT molecular complexity index is 828. The van der Waals surface area contributed by atoms with Gasteiger partial charge >= 0.3 is 0 Å². The van der Waals surface area contributed by atoms with Gasteiger partial charge in [-0.25, -0.2) is 13.5 Å². The number of hydrogen-bond donors (Lipinski definition) is 1. The number of halogens is 2. The molecule has 2 N–H and O–H groups in total. The van der Waals surface area contributed by atoms with Gasteiger partial charge in [-0.05, 0) is 25.1 Å². The van der Waals surface area contributed by atoms with Gasteiger partial charge in [0.15, 0.2) is 5.82 Å². The quantitative estimate of drug-likeness (QED) is 0.586. The molecule has 2 aromatic carbocycles. The molecule has 0 fully saturated rings. The molecule has 0 aliphatic rings. The molecule has 0 aliphatic carbocycles. The molecule has 0 amide bonds. The third-order valence-corrected chi connectivity index (χ3v) is 4.32. The molecule has 0 aliphatic heterocycles. The standard InChI is InChI=1S/C16H14F2N4S/c1-10-4-2-5-11(8-10)15-20-21-16(22(15)19)23-9-12-13(17)6-3-7-14(12)18/h2-8H,9,19H2,1H3. The third kappa shape index (κ3) is 3.19. The van der Waals surface area contributed by atoms with Crippen LogP contribution in [0.25, 0.3) is 11.4 Å². The fourth-order valence-electron chi connectivity index (χ4n) is 2.16. The van der Waals surface area contributed by atoms with E-state index >= 15 is 0 Å². The lowest BCUT2D eigenvalue weighted by atomic mass is 10.1. The lowest BCUT2D eigenvalue weighted by Gasteiger charge is -2.06. The second-order valence-corrected chi connectivity index (χ2v) is 5.98. The maximum absolute atomic E-state index is 13.6. The van der Waals surface area contributed by atoms with E-state index in [1.807, 2.05) is 31.2 Å². The predicted molar refractivity (Wildman–Crippen MR) is 86.3 cm³/mol. The summed E-state index contributed by atoms with van der Waals surface area (Å²) in [7, 11) is 0. The minimum absolute atomic E-state index is 0.00222. The highest BCUT2D eigenvalue weighted by Crippen LogP contribution is 2.26. The first-order valence-electron chi connectivity index (χ1n) is 6.89. The highest BCUT2D eigenvalue weighted by Gasteiger charge is 2.15. The molecule has 3 aromatic rings. The summed E-state index contributed by atoms with van der Waals surface area (Å²) in [4.78, 5) is 0. The largest absolute Gasteiger partial charge is 0.335 e. The lowest BCUT2D eigenvalue weighted by Crippen LogP contribution is -2.11. The number of nitrogen functional groups attached to an aromatic ring is 1. The predicted octanol–water partition coefficient (Wildman–Crippen LogP) is 3.54. The number of aryl methyl sites for hydroxylation is 1. The van der Waals surface area contributed by atoms with Gasteiger partial charge < -0.3 is 5.84 Å². The van der Waals surface area contributed by atoms with E-state index in [9.17, 15) is 8.78 Å². The minimum Gasteiger partial charge on any atom is -0.335 e. The van der Waals surface area contributed by atoms with E-state index in [4.69, 9.17) is 5.84 Å². The Morgan fingerprint density at radius 3 is 2.48 bits per heavy atom. The summed E-state index contributed by atoms with van der Waals surface area (Å²) in [5.41, 5.74) is 1.91. The van der Waals surface area contributed by atoms with Crippen LogP contribution in [0.1, 0.15) is 11.1 Å². The maximum Gasteiger partial charge on any atom is 0.210 e. The number of benzene rings is 2. The second-order valence-electron chi connectivity index (χ2n) is 5.03. The number of aromatic nitrogens is 3. The molecule has 0 saturated heterocycles. The molecule has 7 heteroatoms. The minimum atomic E-state index is -0.584. The Balaban J connectivity index is 1.83. The Labute approximate surface area is 136 Å². The molecular weight excluding hydrogens is 318 g/mol. The van der Waals surface area contributed by atoms with Gasteiger partial charge in [0.25, 0.3) is 0 Å². The molecule has 0 saturated carbocycles. The van der Waals surface area contributed by atoms with Crippen molar-refractivity contribution in [2.75, 3.05) is 5.84 Å². The smallest absolute Gasteiger partial charge is 0.210 e. The first-order valence-corrected chi connectivity index (χ1v) is 7.88. The summed E-state index contributed by atoms with van der Waals surface area (Å²) in [5.74, 6) is 5.43. The van der Waals surface area contributed by atoms with E-state index in [2.05, 4.69) is 10.2 Å². The topological polar surface area (TPSA) is 56.7 Å². The molecule has 0 bridgehead atoms. The molecule has 23 heavy (non-hydrogen) atoms. The zero-order valence-corrected chi connectivity index (χ0v) is 13.1. The first kappa shape index (κ1) is 15.5. The molecule has 0 unspecified atom stereocenters. The third-order valence-electron chi connectivity index (χ3n) is 3.35. The van der Waals surface area contributed by atoms with Crippen molar-refractivity contribution < 1.29 is 8.78 Å². The Morgan fingerprint density at radius 2 is 1.78 bits per heavy atom. The lowest BCUT2D eigenvalue weighted by molar-refractivity contribution is 0.566. The van der Waals surface area contributed by atoms with E-state index in [0.717, 1.165) is 22.9 Å². The van der Waals surface area contributed by atoms with Gasteiger partial charge in [0, 0.05) is 16.9 Å². The molecule has 1 aromatic heterocycles. The average molecular weight is 332 g/mol. The Kier molecular flexibility index (Phi) is 4.29. The Hall–Kier alpha value is -2.41. The van der Waals surface area contributed by atoms with Gasteiger partial charge in [-0.15, -0.1) is 10.2 Å². The zero-order valence-electron chi connectivity index (χ0n) is 12.3. The van der Waals surface area contributed by atoms with Crippen molar-refractivity contribution >= 4 is 11.8 Å². The molecule has 0 atom stereocenters. The van der Waals surface area contributed by atoms with E-state index < -0.39 is 11.6 Å². The highest BCUT2D eigenvalue weighted by molar-refractivity contribution is 7.98. The number of thioether (sulfide) groups is 1. The van der Waals surface area contributed by atoms with E-state index in [1.165, 1.54) is 22.9 Å². The second kappa shape index (κ2) is 6.37.